The number of para-hydroxylation sites is 1. The Bertz CT molecular complexity index is 463. The van der Waals surface area contributed by atoms with Crippen molar-refractivity contribution in [3.05, 3.63) is 65.2 Å². The van der Waals surface area contributed by atoms with Gasteiger partial charge in [-0.3, -0.25) is 0 Å². The molecular weight excluding hydrogens is 252 g/mol. The molecule has 0 unspecified atom stereocenters. The Hall–Kier alpha value is -1.84. The molecule has 3 heteroatoms. The molecule has 0 bridgehead atoms. The van der Waals surface area contributed by atoms with Gasteiger partial charge in [-0.25, -0.2) is 0 Å². The highest BCUT2D eigenvalue weighted by atomic mass is 16.5. The maximum absolute atomic E-state index is 8.92. The second kappa shape index (κ2) is 9.13. The molecular formula is C17H22O3. The average molecular weight is 274 g/mol. The largest absolute Gasteiger partial charge is 0.508 e. The number of phenolic OH excluding ortho intramolecular Hbond substituents is 1. The minimum atomic E-state index is 0.368. The Balaban J connectivity index is 0.000000217. The lowest BCUT2D eigenvalue weighted by atomic mass is 10.1. The van der Waals surface area contributed by atoms with Crippen LogP contribution >= 0.6 is 0 Å². The molecule has 0 aliphatic carbocycles. The van der Waals surface area contributed by atoms with E-state index < -0.39 is 0 Å². The Morgan fingerprint density at radius 3 is 1.60 bits per heavy atom. The molecule has 0 saturated heterocycles. The standard InChI is InChI=1S/C10H14O2.C7H8O/c1-11-7-9-5-3-4-6-10(9)8-12-2;1-6-4-2-3-5-7(6)8/h3-6H,7-8H2,1-2H3;2-5,8H,1H3. The summed E-state index contributed by atoms with van der Waals surface area (Å²) in [5.74, 6) is 0.368. The van der Waals surface area contributed by atoms with Crippen LogP contribution in [0, 0.1) is 6.92 Å². The summed E-state index contributed by atoms with van der Waals surface area (Å²) in [5.41, 5.74) is 3.32. The van der Waals surface area contributed by atoms with Gasteiger partial charge in [0.05, 0.1) is 13.2 Å². The van der Waals surface area contributed by atoms with Crippen molar-refractivity contribution in [3.8, 4) is 5.75 Å². The lowest BCUT2D eigenvalue weighted by molar-refractivity contribution is 0.168. The molecule has 0 aliphatic rings. The highest BCUT2D eigenvalue weighted by Crippen LogP contribution is 2.12. The van der Waals surface area contributed by atoms with Crippen LogP contribution in [0.25, 0.3) is 0 Å². The first-order chi connectivity index (χ1) is 9.69. The summed E-state index contributed by atoms with van der Waals surface area (Å²) in [6.07, 6.45) is 0. The summed E-state index contributed by atoms with van der Waals surface area (Å²) in [6, 6.07) is 15.4. The van der Waals surface area contributed by atoms with Gasteiger partial charge in [-0.15, -0.1) is 0 Å². The first kappa shape index (κ1) is 16.2. The number of aryl methyl sites for hydroxylation is 1. The molecule has 0 aliphatic heterocycles. The summed E-state index contributed by atoms with van der Waals surface area (Å²) < 4.78 is 10.1. The number of ether oxygens (including phenoxy) is 2. The molecule has 0 fully saturated rings. The lowest BCUT2D eigenvalue weighted by Crippen LogP contribution is -1.96. The minimum Gasteiger partial charge on any atom is -0.508 e. The molecule has 0 atom stereocenters. The van der Waals surface area contributed by atoms with Crippen LogP contribution in [0.3, 0.4) is 0 Å². The third-order valence-corrected chi connectivity index (χ3v) is 2.83. The second-order valence-electron chi connectivity index (χ2n) is 4.42. The first-order valence-electron chi connectivity index (χ1n) is 6.48. The lowest BCUT2D eigenvalue weighted by Gasteiger charge is -2.06. The quantitative estimate of drug-likeness (QED) is 0.924. The van der Waals surface area contributed by atoms with E-state index in [2.05, 4.69) is 12.1 Å². The molecule has 0 aromatic heterocycles. The van der Waals surface area contributed by atoms with E-state index in [1.165, 1.54) is 11.1 Å². The number of methoxy groups -OCH3 is 2. The fraction of sp³-hybridized carbons (Fsp3) is 0.294. The third kappa shape index (κ3) is 5.43. The van der Waals surface area contributed by atoms with Gasteiger partial charge in [0.15, 0.2) is 0 Å². The second-order valence-corrected chi connectivity index (χ2v) is 4.42. The molecule has 0 amide bonds. The molecule has 20 heavy (non-hydrogen) atoms. The van der Waals surface area contributed by atoms with Crippen molar-refractivity contribution < 1.29 is 14.6 Å². The van der Waals surface area contributed by atoms with Crippen LogP contribution in [0.15, 0.2) is 48.5 Å². The van der Waals surface area contributed by atoms with E-state index in [0.717, 1.165) is 5.56 Å². The van der Waals surface area contributed by atoms with Crippen LogP contribution in [0.5, 0.6) is 5.75 Å². The minimum absolute atomic E-state index is 0.368. The van der Waals surface area contributed by atoms with Gasteiger partial charge >= 0.3 is 0 Å². The smallest absolute Gasteiger partial charge is 0.118 e. The van der Waals surface area contributed by atoms with E-state index in [1.807, 2.05) is 37.3 Å². The zero-order chi connectivity index (χ0) is 14.8. The van der Waals surface area contributed by atoms with Crippen LogP contribution in [-0.4, -0.2) is 19.3 Å². The van der Waals surface area contributed by atoms with Gasteiger partial charge < -0.3 is 14.6 Å². The number of phenols is 1. The summed E-state index contributed by atoms with van der Waals surface area (Å²) in [6.45, 7) is 3.18. The van der Waals surface area contributed by atoms with E-state index in [9.17, 15) is 0 Å². The van der Waals surface area contributed by atoms with Crippen LogP contribution in [-0.2, 0) is 22.7 Å². The van der Waals surface area contributed by atoms with Gasteiger partial charge in [0.2, 0.25) is 0 Å². The van der Waals surface area contributed by atoms with Crippen LogP contribution in [0.1, 0.15) is 16.7 Å². The highest BCUT2D eigenvalue weighted by molar-refractivity contribution is 5.29. The van der Waals surface area contributed by atoms with Crippen molar-refractivity contribution in [2.45, 2.75) is 20.1 Å². The van der Waals surface area contributed by atoms with E-state index in [0.29, 0.717) is 19.0 Å². The molecule has 0 spiro atoms. The summed E-state index contributed by atoms with van der Waals surface area (Å²) >= 11 is 0. The fourth-order valence-electron chi connectivity index (χ4n) is 1.71. The first-order valence-corrected chi connectivity index (χ1v) is 6.48. The summed E-state index contributed by atoms with van der Waals surface area (Å²) in [7, 11) is 3.40. The molecule has 108 valence electrons. The van der Waals surface area contributed by atoms with Gasteiger partial charge in [0.1, 0.15) is 5.75 Å². The van der Waals surface area contributed by atoms with Crippen molar-refractivity contribution in [2.75, 3.05) is 14.2 Å². The molecule has 2 aromatic rings. The van der Waals surface area contributed by atoms with Crippen LogP contribution in [0.2, 0.25) is 0 Å². The van der Waals surface area contributed by atoms with Crippen molar-refractivity contribution >= 4 is 0 Å². The highest BCUT2D eigenvalue weighted by Gasteiger charge is 1.99. The maximum atomic E-state index is 8.92. The van der Waals surface area contributed by atoms with Gasteiger partial charge in [0, 0.05) is 14.2 Å². The van der Waals surface area contributed by atoms with Gasteiger partial charge in [0.25, 0.3) is 0 Å². The summed E-state index contributed by atoms with van der Waals surface area (Å²) in [4.78, 5) is 0. The monoisotopic (exact) mass is 274 g/mol. The molecule has 2 aromatic carbocycles. The Kier molecular flexibility index (Phi) is 7.40. The molecule has 2 rings (SSSR count). The molecule has 0 saturated carbocycles. The van der Waals surface area contributed by atoms with Gasteiger partial charge in [-0.05, 0) is 29.7 Å². The number of hydrogen-bond donors (Lipinski definition) is 1. The van der Waals surface area contributed by atoms with Crippen LogP contribution in [0.4, 0.5) is 0 Å². The van der Waals surface area contributed by atoms with Crippen molar-refractivity contribution in [1.82, 2.24) is 0 Å². The number of benzene rings is 2. The normalized spacial score (nSPS) is 9.75. The number of aromatic hydroxyl groups is 1. The van der Waals surface area contributed by atoms with Gasteiger partial charge in [-0.1, -0.05) is 42.5 Å². The Labute approximate surface area is 120 Å². The SMILES string of the molecule is COCc1ccccc1COC.Cc1ccccc1O. The van der Waals surface area contributed by atoms with Crippen molar-refractivity contribution in [3.63, 3.8) is 0 Å². The van der Waals surface area contributed by atoms with E-state index >= 15 is 0 Å². The molecule has 1 N–H and O–H groups in total. The van der Waals surface area contributed by atoms with E-state index in [-0.39, 0.29) is 0 Å². The topological polar surface area (TPSA) is 38.7 Å². The number of rotatable bonds is 4. The average Bonchev–Trinajstić information content (AvgIpc) is 2.46. The Morgan fingerprint density at radius 2 is 1.25 bits per heavy atom. The third-order valence-electron chi connectivity index (χ3n) is 2.83. The molecule has 0 heterocycles. The zero-order valence-corrected chi connectivity index (χ0v) is 12.3. The zero-order valence-electron chi connectivity index (χ0n) is 12.3. The number of hydrogen-bond acceptors (Lipinski definition) is 3. The van der Waals surface area contributed by atoms with E-state index in [4.69, 9.17) is 14.6 Å². The maximum Gasteiger partial charge on any atom is 0.118 e. The Morgan fingerprint density at radius 1 is 0.800 bits per heavy atom. The van der Waals surface area contributed by atoms with Crippen LogP contribution < -0.4 is 0 Å². The van der Waals surface area contributed by atoms with Crippen molar-refractivity contribution in [1.29, 1.82) is 0 Å². The predicted octanol–water partition coefficient (Wildman–Crippen LogP) is 3.68. The predicted molar refractivity (Wildman–Crippen MR) is 80.7 cm³/mol. The van der Waals surface area contributed by atoms with Gasteiger partial charge in [-0.2, -0.15) is 0 Å². The molecule has 3 nitrogen and oxygen atoms in total. The molecule has 0 radical (unpaired) electrons. The van der Waals surface area contributed by atoms with Crippen molar-refractivity contribution in [2.24, 2.45) is 0 Å². The fourth-order valence-corrected chi connectivity index (χ4v) is 1.71. The van der Waals surface area contributed by atoms with E-state index in [1.54, 1.807) is 20.3 Å². The summed E-state index contributed by atoms with van der Waals surface area (Å²) in [5, 5.41) is 8.92.